The van der Waals surface area contributed by atoms with Gasteiger partial charge < -0.3 is 18.6 Å². The number of methoxy groups -OCH3 is 2. The third-order valence-electron chi connectivity index (χ3n) is 6.85. The maximum Gasteiger partial charge on any atom is 0.192 e. The Morgan fingerprint density at radius 1 is 1.09 bits per heavy atom. The molecule has 4 atom stereocenters. The van der Waals surface area contributed by atoms with Crippen LogP contribution in [0.4, 0.5) is 0 Å². The molecule has 6 heteroatoms. The molecule has 0 aliphatic carbocycles. The summed E-state index contributed by atoms with van der Waals surface area (Å²) in [7, 11) is 1.40. The Kier molecular flexibility index (Phi) is 12.0. The third kappa shape index (κ3) is 9.36. The van der Waals surface area contributed by atoms with Crippen molar-refractivity contribution >= 4 is 14.6 Å². The van der Waals surface area contributed by atoms with E-state index in [1.807, 2.05) is 37.3 Å². The normalized spacial score (nSPS) is 16.7. The van der Waals surface area contributed by atoms with Crippen LogP contribution in [0.2, 0.25) is 18.1 Å². The number of carbonyl (C=O) groups is 1. The van der Waals surface area contributed by atoms with Crippen LogP contribution < -0.4 is 4.74 Å². The van der Waals surface area contributed by atoms with Crippen LogP contribution in [0.3, 0.4) is 0 Å². The number of allylic oxidation sites excluding steroid dienone is 1. The SMILES string of the molecule is COc1ccc(COCC[C@@H](OC)[C@@H](C)[C@H](O[Si](C)(C)C(C)(C)C)[C@H](C)/C=C(\C)C=O)cc1. The van der Waals surface area contributed by atoms with Crippen LogP contribution in [0, 0.1) is 11.8 Å². The van der Waals surface area contributed by atoms with Crippen LogP contribution in [0.25, 0.3) is 0 Å². The van der Waals surface area contributed by atoms with Crippen LogP contribution >= 0.6 is 0 Å². The third-order valence-corrected chi connectivity index (χ3v) is 11.3. The average Bonchev–Trinajstić information content (AvgIpc) is 2.76. The van der Waals surface area contributed by atoms with E-state index in [4.69, 9.17) is 18.6 Å². The maximum absolute atomic E-state index is 11.2. The smallest absolute Gasteiger partial charge is 0.192 e. The molecule has 0 saturated carbocycles. The number of ether oxygens (including phenoxy) is 3. The van der Waals surface area contributed by atoms with E-state index < -0.39 is 8.32 Å². The summed E-state index contributed by atoms with van der Waals surface area (Å²) in [6.45, 7) is 18.6. The van der Waals surface area contributed by atoms with Gasteiger partial charge in [0.15, 0.2) is 8.32 Å². The summed E-state index contributed by atoms with van der Waals surface area (Å²) in [6.07, 6.45) is 3.64. The first kappa shape index (κ1) is 29.6. The molecule has 1 aromatic carbocycles. The molecule has 188 valence electrons. The molecule has 1 rings (SSSR count). The van der Waals surface area contributed by atoms with Gasteiger partial charge in [0.2, 0.25) is 0 Å². The van der Waals surface area contributed by atoms with Gasteiger partial charge in [-0.3, -0.25) is 4.79 Å². The van der Waals surface area contributed by atoms with Gasteiger partial charge in [-0.2, -0.15) is 0 Å². The van der Waals surface area contributed by atoms with Gasteiger partial charge in [0.05, 0.1) is 25.9 Å². The highest BCUT2D eigenvalue weighted by atomic mass is 28.4. The number of rotatable bonds is 14. The molecular formula is C27H46O5Si. The lowest BCUT2D eigenvalue weighted by Crippen LogP contribution is -2.49. The van der Waals surface area contributed by atoms with Crippen molar-refractivity contribution in [3.8, 4) is 5.75 Å². The van der Waals surface area contributed by atoms with E-state index in [-0.39, 0.29) is 29.1 Å². The lowest BCUT2D eigenvalue weighted by Gasteiger charge is -2.43. The summed E-state index contributed by atoms with van der Waals surface area (Å²) in [5, 5.41) is 0.0954. The Hall–Kier alpha value is -1.47. The van der Waals surface area contributed by atoms with Crippen molar-refractivity contribution in [3.63, 3.8) is 0 Å². The highest BCUT2D eigenvalue weighted by Crippen LogP contribution is 2.40. The largest absolute Gasteiger partial charge is 0.497 e. The Bertz CT molecular complexity index is 736. The fraction of sp³-hybridized carbons (Fsp3) is 0.667. The maximum atomic E-state index is 11.2. The Labute approximate surface area is 203 Å². The van der Waals surface area contributed by atoms with E-state index in [0.29, 0.717) is 13.2 Å². The topological polar surface area (TPSA) is 54.0 Å². The second kappa shape index (κ2) is 13.4. The van der Waals surface area contributed by atoms with Crippen LogP contribution in [0.5, 0.6) is 5.75 Å². The van der Waals surface area contributed by atoms with Crippen molar-refractivity contribution in [2.24, 2.45) is 11.8 Å². The molecule has 0 aromatic heterocycles. The molecule has 0 fully saturated rings. The van der Waals surface area contributed by atoms with E-state index in [1.165, 1.54) is 0 Å². The van der Waals surface area contributed by atoms with Crippen molar-refractivity contribution in [2.75, 3.05) is 20.8 Å². The summed E-state index contributed by atoms with van der Waals surface area (Å²) in [5.41, 5.74) is 1.84. The van der Waals surface area contributed by atoms with Gasteiger partial charge in [0.25, 0.3) is 0 Å². The first-order valence-corrected chi connectivity index (χ1v) is 14.8. The highest BCUT2D eigenvalue weighted by molar-refractivity contribution is 6.74. The van der Waals surface area contributed by atoms with Gasteiger partial charge in [-0.1, -0.05) is 52.8 Å². The molecular weight excluding hydrogens is 432 g/mol. The van der Waals surface area contributed by atoms with Gasteiger partial charge in [-0.05, 0) is 60.7 Å². The van der Waals surface area contributed by atoms with Crippen molar-refractivity contribution < 1.29 is 23.4 Å². The fourth-order valence-electron chi connectivity index (χ4n) is 3.68. The lowest BCUT2D eigenvalue weighted by molar-refractivity contribution is -0.104. The summed E-state index contributed by atoms with van der Waals surface area (Å²) in [4.78, 5) is 11.2. The van der Waals surface area contributed by atoms with E-state index in [2.05, 4.69) is 47.7 Å². The summed E-state index contributed by atoms with van der Waals surface area (Å²) in [5.74, 6) is 1.07. The van der Waals surface area contributed by atoms with Gasteiger partial charge in [0.1, 0.15) is 12.0 Å². The number of carbonyl (C=O) groups excluding carboxylic acids is 1. The molecule has 0 unspecified atom stereocenters. The molecule has 0 aliphatic rings. The zero-order valence-corrected chi connectivity index (χ0v) is 23.4. The van der Waals surface area contributed by atoms with Crippen LogP contribution in [0.15, 0.2) is 35.9 Å². The predicted octanol–water partition coefficient (Wildman–Crippen LogP) is 6.42. The number of hydrogen-bond donors (Lipinski definition) is 0. The molecule has 0 saturated heterocycles. The molecule has 0 aliphatic heterocycles. The zero-order chi connectivity index (χ0) is 25.2. The summed E-state index contributed by atoms with van der Waals surface area (Å²) >= 11 is 0. The van der Waals surface area contributed by atoms with Crippen LogP contribution in [0.1, 0.15) is 53.5 Å². The molecule has 0 heterocycles. The van der Waals surface area contributed by atoms with Crippen molar-refractivity contribution in [1.82, 2.24) is 0 Å². The summed E-state index contributed by atoms with van der Waals surface area (Å²) in [6, 6.07) is 7.92. The minimum absolute atomic E-state index is 0.0111. The standard InChI is InChI=1S/C27H46O5Si/c1-20(18-28)17-21(2)26(32-33(9,10)27(4,5)6)22(3)25(30-8)15-16-31-19-23-11-13-24(29-7)14-12-23/h11-14,17-18,21-22,25-26H,15-16,19H2,1-10H3/b20-17+/t21-,22-,25-,26-/m1/s1. The molecule has 33 heavy (non-hydrogen) atoms. The predicted molar refractivity (Wildman–Crippen MR) is 138 cm³/mol. The van der Waals surface area contributed by atoms with Crippen molar-refractivity contribution in [3.05, 3.63) is 41.5 Å². The fourth-order valence-corrected chi connectivity index (χ4v) is 5.14. The first-order chi connectivity index (χ1) is 15.4. The van der Waals surface area contributed by atoms with Crippen LogP contribution in [-0.2, 0) is 25.3 Å². The number of benzene rings is 1. The molecule has 5 nitrogen and oxygen atoms in total. The van der Waals surface area contributed by atoms with E-state index in [1.54, 1.807) is 14.2 Å². The minimum atomic E-state index is -2.02. The number of hydrogen-bond acceptors (Lipinski definition) is 5. The molecule has 0 N–H and O–H groups in total. The van der Waals surface area contributed by atoms with Crippen molar-refractivity contribution in [2.45, 2.75) is 84.9 Å². The Morgan fingerprint density at radius 2 is 1.70 bits per heavy atom. The lowest BCUT2D eigenvalue weighted by atomic mass is 9.87. The van der Waals surface area contributed by atoms with Crippen molar-refractivity contribution in [1.29, 1.82) is 0 Å². The average molecular weight is 479 g/mol. The highest BCUT2D eigenvalue weighted by Gasteiger charge is 2.42. The molecule has 1 aromatic rings. The molecule has 0 amide bonds. The van der Waals surface area contributed by atoms with E-state index in [0.717, 1.165) is 29.6 Å². The summed E-state index contributed by atoms with van der Waals surface area (Å²) < 4.78 is 24.0. The van der Waals surface area contributed by atoms with Gasteiger partial charge in [-0.25, -0.2) is 0 Å². The monoisotopic (exact) mass is 478 g/mol. The van der Waals surface area contributed by atoms with E-state index >= 15 is 0 Å². The molecule has 0 bridgehead atoms. The number of aldehydes is 1. The molecule has 0 spiro atoms. The van der Waals surface area contributed by atoms with Gasteiger partial charge in [0, 0.05) is 19.6 Å². The Morgan fingerprint density at radius 3 is 2.18 bits per heavy atom. The second-order valence-electron chi connectivity index (χ2n) is 10.6. The quantitative estimate of drug-likeness (QED) is 0.134. The van der Waals surface area contributed by atoms with Gasteiger partial charge in [-0.15, -0.1) is 0 Å². The van der Waals surface area contributed by atoms with Crippen LogP contribution in [-0.4, -0.2) is 47.6 Å². The second-order valence-corrected chi connectivity index (χ2v) is 15.3. The first-order valence-electron chi connectivity index (χ1n) is 11.9. The van der Waals surface area contributed by atoms with Gasteiger partial charge >= 0.3 is 0 Å². The van der Waals surface area contributed by atoms with E-state index in [9.17, 15) is 4.79 Å². The minimum Gasteiger partial charge on any atom is -0.497 e. The molecule has 0 radical (unpaired) electrons. The Balaban J connectivity index is 2.87. The zero-order valence-electron chi connectivity index (χ0n) is 22.4.